The lowest BCUT2D eigenvalue weighted by molar-refractivity contribution is 1.66. The van der Waals surface area contributed by atoms with Gasteiger partial charge in [0, 0.05) is 0 Å². The lowest BCUT2D eigenvalue weighted by Gasteiger charge is -1.87. The first-order valence-electron chi connectivity index (χ1n) is 4.44. The van der Waals surface area contributed by atoms with E-state index in [9.17, 15) is 0 Å². The Morgan fingerprint density at radius 1 is 0.846 bits per heavy atom. The van der Waals surface area contributed by atoms with Crippen molar-refractivity contribution in [3.05, 3.63) is 66.3 Å². The van der Waals surface area contributed by atoms with Crippen molar-refractivity contribution in [2.24, 2.45) is 0 Å². The molecule has 0 saturated heterocycles. The molecule has 1 aromatic carbocycles. The van der Waals surface area contributed by atoms with Gasteiger partial charge in [-0.3, -0.25) is 0 Å². The normalized spacial score (nSPS) is 12.1. The molecule has 1 rings (SSSR count). The van der Waals surface area contributed by atoms with Gasteiger partial charge in [-0.1, -0.05) is 66.8 Å². The van der Waals surface area contributed by atoms with Gasteiger partial charge < -0.3 is 0 Å². The third-order valence-electron chi connectivity index (χ3n) is 1.61. The fraction of sp³-hybridized carbons (Fsp3) is 0.0769. The molecule has 0 aliphatic carbocycles. The third-order valence-corrected chi connectivity index (χ3v) is 1.61. The van der Waals surface area contributed by atoms with Crippen molar-refractivity contribution in [3.8, 4) is 0 Å². The van der Waals surface area contributed by atoms with Gasteiger partial charge in [0.1, 0.15) is 0 Å². The second-order valence-electron chi connectivity index (χ2n) is 2.68. The van der Waals surface area contributed by atoms with Crippen LogP contribution in [0, 0.1) is 0 Å². The zero-order valence-corrected chi connectivity index (χ0v) is 7.85. The fourth-order valence-corrected chi connectivity index (χ4v) is 0.970. The van der Waals surface area contributed by atoms with Gasteiger partial charge in [0.2, 0.25) is 0 Å². The van der Waals surface area contributed by atoms with E-state index in [-0.39, 0.29) is 0 Å². The van der Waals surface area contributed by atoms with Crippen LogP contribution in [-0.4, -0.2) is 0 Å². The Morgan fingerprint density at radius 3 is 2.23 bits per heavy atom. The van der Waals surface area contributed by atoms with Crippen LogP contribution in [0.3, 0.4) is 0 Å². The minimum Gasteiger partial charge on any atom is -0.0877 e. The molecule has 0 N–H and O–H groups in total. The molecule has 0 spiro atoms. The van der Waals surface area contributed by atoms with Crippen LogP contribution in [0.2, 0.25) is 0 Å². The summed E-state index contributed by atoms with van der Waals surface area (Å²) in [6.07, 6.45) is 12.2. The van der Waals surface area contributed by atoms with Crippen molar-refractivity contribution in [1.82, 2.24) is 0 Å². The van der Waals surface area contributed by atoms with Crippen molar-refractivity contribution >= 4 is 6.08 Å². The zero-order valence-electron chi connectivity index (χ0n) is 7.85. The van der Waals surface area contributed by atoms with Crippen molar-refractivity contribution in [3.63, 3.8) is 0 Å². The van der Waals surface area contributed by atoms with Crippen molar-refractivity contribution in [2.75, 3.05) is 0 Å². The molecular weight excluding hydrogens is 156 g/mol. The molecule has 0 saturated carbocycles. The summed E-state index contributed by atoms with van der Waals surface area (Å²) >= 11 is 0. The van der Waals surface area contributed by atoms with Crippen molar-refractivity contribution in [1.29, 1.82) is 0 Å². The maximum absolute atomic E-state index is 2.08. The van der Waals surface area contributed by atoms with Gasteiger partial charge >= 0.3 is 0 Å². The quantitative estimate of drug-likeness (QED) is 0.605. The van der Waals surface area contributed by atoms with E-state index in [1.807, 2.05) is 55.5 Å². The summed E-state index contributed by atoms with van der Waals surface area (Å²) in [4.78, 5) is 0. The maximum atomic E-state index is 2.08. The van der Waals surface area contributed by atoms with Crippen LogP contribution < -0.4 is 0 Å². The maximum Gasteiger partial charge on any atom is -0.0257 e. The molecule has 0 aliphatic heterocycles. The predicted molar refractivity (Wildman–Crippen MR) is 59.4 cm³/mol. The molecule has 0 fully saturated rings. The highest BCUT2D eigenvalue weighted by molar-refractivity contribution is 5.50. The Morgan fingerprint density at radius 2 is 1.54 bits per heavy atom. The molecule has 66 valence electrons. The first-order chi connectivity index (χ1) is 6.43. The monoisotopic (exact) mass is 170 g/mol. The van der Waals surface area contributed by atoms with Crippen LogP contribution >= 0.6 is 0 Å². The number of benzene rings is 1. The molecule has 13 heavy (non-hydrogen) atoms. The summed E-state index contributed by atoms with van der Waals surface area (Å²) in [5, 5.41) is 0. The number of allylic oxidation sites excluding steroid dienone is 5. The molecule has 0 heterocycles. The van der Waals surface area contributed by atoms with Crippen LogP contribution in [0.15, 0.2) is 60.7 Å². The first-order valence-corrected chi connectivity index (χ1v) is 4.44. The summed E-state index contributed by atoms with van der Waals surface area (Å²) in [6.45, 7) is 2.01. The van der Waals surface area contributed by atoms with E-state index in [0.717, 1.165) is 0 Å². The Kier molecular flexibility index (Phi) is 4.41. The average molecular weight is 170 g/mol. The summed E-state index contributed by atoms with van der Waals surface area (Å²) in [6, 6.07) is 10.3. The van der Waals surface area contributed by atoms with Gasteiger partial charge in [0.05, 0.1) is 0 Å². The second-order valence-corrected chi connectivity index (χ2v) is 2.68. The van der Waals surface area contributed by atoms with Gasteiger partial charge in [-0.2, -0.15) is 0 Å². The van der Waals surface area contributed by atoms with Crippen molar-refractivity contribution in [2.45, 2.75) is 6.92 Å². The van der Waals surface area contributed by atoms with E-state index in [0.29, 0.717) is 0 Å². The van der Waals surface area contributed by atoms with E-state index in [2.05, 4.69) is 18.2 Å². The highest BCUT2D eigenvalue weighted by Crippen LogP contribution is 2.00. The third kappa shape index (κ3) is 4.12. The van der Waals surface area contributed by atoms with E-state index in [1.165, 1.54) is 5.56 Å². The molecule has 0 amide bonds. The van der Waals surface area contributed by atoms with E-state index in [4.69, 9.17) is 0 Å². The molecule has 0 aliphatic rings. The van der Waals surface area contributed by atoms with Gasteiger partial charge in [0.25, 0.3) is 0 Å². The molecule has 1 aromatic rings. The van der Waals surface area contributed by atoms with E-state index in [1.54, 1.807) is 0 Å². The molecule has 0 aromatic heterocycles. The second kappa shape index (κ2) is 6.01. The van der Waals surface area contributed by atoms with Gasteiger partial charge in [-0.25, -0.2) is 0 Å². The minimum absolute atomic E-state index is 1.23. The standard InChI is InChI=1S/C13H14/c1-2-3-4-5-7-10-13-11-8-6-9-12-13/h2-12H,1H3/b3-2+,5-4-,10-7+. The molecule has 0 nitrogen and oxygen atoms in total. The van der Waals surface area contributed by atoms with Crippen LogP contribution in [0.25, 0.3) is 6.08 Å². The van der Waals surface area contributed by atoms with Crippen LogP contribution in [0.5, 0.6) is 0 Å². The van der Waals surface area contributed by atoms with Crippen molar-refractivity contribution < 1.29 is 0 Å². The molecule has 0 atom stereocenters. The Labute approximate surface area is 79.9 Å². The highest BCUT2D eigenvalue weighted by Gasteiger charge is 1.78. The lowest BCUT2D eigenvalue weighted by atomic mass is 10.2. The summed E-state index contributed by atoms with van der Waals surface area (Å²) in [5.41, 5.74) is 1.23. The first kappa shape index (κ1) is 9.53. The molecular formula is C13H14. The Hall–Kier alpha value is -1.56. The topological polar surface area (TPSA) is 0 Å². The fourth-order valence-electron chi connectivity index (χ4n) is 0.970. The summed E-state index contributed by atoms with van der Waals surface area (Å²) in [5.74, 6) is 0. The van der Waals surface area contributed by atoms with Crippen LogP contribution in [0.1, 0.15) is 12.5 Å². The SMILES string of the molecule is C/C=C/C=C\C=C\c1ccccc1. The van der Waals surface area contributed by atoms with Gasteiger partial charge in [-0.05, 0) is 12.5 Å². The highest BCUT2D eigenvalue weighted by atomic mass is 13.8. The lowest BCUT2D eigenvalue weighted by Crippen LogP contribution is -1.66. The molecule has 0 heteroatoms. The number of rotatable bonds is 3. The number of hydrogen-bond donors (Lipinski definition) is 0. The largest absolute Gasteiger partial charge is 0.0877 e. The van der Waals surface area contributed by atoms with Crippen LogP contribution in [-0.2, 0) is 0 Å². The zero-order chi connectivity index (χ0) is 9.36. The van der Waals surface area contributed by atoms with Gasteiger partial charge in [-0.15, -0.1) is 0 Å². The molecule has 0 radical (unpaired) electrons. The van der Waals surface area contributed by atoms with E-state index < -0.39 is 0 Å². The Bertz CT molecular complexity index is 302. The minimum atomic E-state index is 1.23. The van der Waals surface area contributed by atoms with Gasteiger partial charge in [0.15, 0.2) is 0 Å². The van der Waals surface area contributed by atoms with Crippen LogP contribution in [0.4, 0.5) is 0 Å². The predicted octanol–water partition coefficient (Wildman–Crippen LogP) is 3.83. The molecule has 0 bridgehead atoms. The van der Waals surface area contributed by atoms with E-state index >= 15 is 0 Å². The number of hydrogen-bond acceptors (Lipinski definition) is 0. The Balaban J connectivity index is 2.50. The summed E-state index contributed by atoms with van der Waals surface area (Å²) < 4.78 is 0. The summed E-state index contributed by atoms with van der Waals surface area (Å²) in [7, 11) is 0. The molecule has 0 unspecified atom stereocenters. The smallest absolute Gasteiger partial charge is 0.0257 e. The average Bonchev–Trinajstić information content (AvgIpc) is 2.19.